The Kier molecular flexibility index (Phi) is 4.53. The SMILES string of the molecule is Cn1ncc(C#N)c1NC(=O)c1ccc(N2COc3ccc4ccccc4c3C2)cc1. The van der Waals surface area contributed by atoms with Gasteiger partial charge in [-0.1, -0.05) is 30.3 Å². The van der Waals surface area contributed by atoms with Crippen LogP contribution < -0.4 is 15.0 Å². The van der Waals surface area contributed by atoms with E-state index in [1.807, 2.05) is 36.4 Å². The van der Waals surface area contributed by atoms with Crippen molar-refractivity contribution >= 4 is 28.2 Å². The van der Waals surface area contributed by atoms with Crippen LogP contribution in [0.1, 0.15) is 21.5 Å². The first-order chi connectivity index (χ1) is 15.1. The molecule has 0 unspecified atom stereocenters. The fourth-order valence-corrected chi connectivity index (χ4v) is 3.83. The molecular formula is C24H19N5O2. The standard InChI is InChI=1S/C24H19N5O2/c1-28-23(18(12-25)13-26-28)27-24(30)17-6-9-19(10-7-17)29-14-21-20-5-3-2-4-16(20)8-11-22(21)31-15-29/h2-11,13H,14-15H2,1H3,(H,27,30). The lowest BCUT2D eigenvalue weighted by atomic mass is 10.0. The molecule has 1 aliphatic heterocycles. The molecule has 0 saturated heterocycles. The third kappa shape index (κ3) is 3.34. The van der Waals surface area contributed by atoms with Crippen LogP contribution in [0, 0.1) is 11.3 Å². The summed E-state index contributed by atoms with van der Waals surface area (Å²) in [5, 5.41) is 18.3. The van der Waals surface area contributed by atoms with Gasteiger partial charge >= 0.3 is 0 Å². The van der Waals surface area contributed by atoms with Gasteiger partial charge in [0.1, 0.15) is 23.2 Å². The van der Waals surface area contributed by atoms with Crippen molar-refractivity contribution in [2.75, 3.05) is 16.9 Å². The Morgan fingerprint density at radius 3 is 2.74 bits per heavy atom. The van der Waals surface area contributed by atoms with Crippen LogP contribution in [-0.4, -0.2) is 22.4 Å². The average molecular weight is 409 g/mol. The van der Waals surface area contributed by atoms with Crippen LogP contribution in [0.2, 0.25) is 0 Å². The van der Waals surface area contributed by atoms with Crippen molar-refractivity contribution in [3.8, 4) is 11.8 Å². The second-order valence-electron chi connectivity index (χ2n) is 7.38. The Balaban J connectivity index is 1.36. The van der Waals surface area contributed by atoms with Gasteiger partial charge in [-0.05, 0) is 41.1 Å². The number of hydrogen-bond acceptors (Lipinski definition) is 5. The van der Waals surface area contributed by atoms with Gasteiger partial charge in [0.25, 0.3) is 5.91 Å². The monoisotopic (exact) mass is 409 g/mol. The molecule has 1 aliphatic rings. The van der Waals surface area contributed by atoms with Gasteiger partial charge in [0, 0.05) is 23.9 Å². The van der Waals surface area contributed by atoms with Crippen LogP contribution in [0.5, 0.6) is 5.75 Å². The summed E-state index contributed by atoms with van der Waals surface area (Å²) in [5.41, 5.74) is 2.95. The normalized spacial score (nSPS) is 12.7. The number of aryl methyl sites for hydroxylation is 1. The number of fused-ring (bicyclic) bond motifs is 3. The molecule has 0 spiro atoms. The zero-order chi connectivity index (χ0) is 21.4. The fourth-order valence-electron chi connectivity index (χ4n) is 3.83. The number of carbonyl (C=O) groups is 1. The lowest BCUT2D eigenvalue weighted by Gasteiger charge is -2.31. The number of rotatable bonds is 3. The van der Waals surface area contributed by atoms with Crippen LogP contribution in [0.3, 0.4) is 0 Å². The minimum Gasteiger partial charge on any atom is -0.473 e. The highest BCUT2D eigenvalue weighted by molar-refractivity contribution is 6.04. The Labute approximate surface area is 179 Å². The van der Waals surface area contributed by atoms with Crippen molar-refractivity contribution in [1.82, 2.24) is 9.78 Å². The molecule has 0 atom stereocenters. The van der Waals surface area contributed by atoms with E-state index >= 15 is 0 Å². The number of nitriles is 1. The molecule has 0 radical (unpaired) electrons. The quantitative estimate of drug-likeness (QED) is 0.552. The van der Waals surface area contributed by atoms with Crippen LogP contribution in [0.4, 0.5) is 11.5 Å². The molecule has 0 fully saturated rings. The highest BCUT2D eigenvalue weighted by atomic mass is 16.5. The van der Waals surface area contributed by atoms with Gasteiger partial charge < -0.3 is 15.0 Å². The highest BCUT2D eigenvalue weighted by Crippen LogP contribution is 2.34. The van der Waals surface area contributed by atoms with Gasteiger partial charge in [-0.3, -0.25) is 9.48 Å². The van der Waals surface area contributed by atoms with E-state index in [-0.39, 0.29) is 5.91 Å². The second-order valence-corrected chi connectivity index (χ2v) is 7.38. The van der Waals surface area contributed by atoms with Crippen molar-refractivity contribution in [3.63, 3.8) is 0 Å². The number of hydrogen-bond donors (Lipinski definition) is 1. The molecule has 31 heavy (non-hydrogen) atoms. The molecule has 1 aromatic heterocycles. The van der Waals surface area contributed by atoms with Crippen molar-refractivity contribution in [3.05, 3.63) is 83.6 Å². The smallest absolute Gasteiger partial charge is 0.256 e. The summed E-state index contributed by atoms with van der Waals surface area (Å²) >= 11 is 0. The first-order valence-electron chi connectivity index (χ1n) is 9.86. The summed E-state index contributed by atoms with van der Waals surface area (Å²) in [7, 11) is 1.68. The van der Waals surface area contributed by atoms with Gasteiger partial charge in [-0.15, -0.1) is 0 Å². The average Bonchev–Trinajstić information content (AvgIpc) is 3.17. The fraction of sp³-hybridized carbons (Fsp3) is 0.125. The predicted molar refractivity (Wildman–Crippen MR) is 118 cm³/mol. The number of anilines is 2. The predicted octanol–water partition coefficient (Wildman–Crippen LogP) is 4.05. The number of ether oxygens (including phenoxy) is 1. The topological polar surface area (TPSA) is 83.2 Å². The second kappa shape index (κ2) is 7.50. The summed E-state index contributed by atoms with van der Waals surface area (Å²) in [5.74, 6) is 0.998. The van der Waals surface area contributed by atoms with E-state index in [9.17, 15) is 4.79 Å². The molecule has 0 bridgehead atoms. The van der Waals surface area contributed by atoms with Crippen molar-refractivity contribution in [1.29, 1.82) is 5.26 Å². The number of amides is 1. The lowest BCUT2D eigenvalue weighted by molar-refractivity contribution is 0.102. The summed E-state index contributed by atoms with van der Waals surface area (Å²) < 4.78 is 7.46. The van der Waals surface area contributed by atoms with E-state index < -0.39 is 0 Å². The minimum atomic E-state index is -0.294. The highest BCUT2D eigenvalue weighted by Gasteiger charge is 2.20. The van der Waals surface area contributed by atoms with E-state index in [2.05, 4.69) is 33.5 Å². The van der Waals surface area contributed by atoms with Gasteiger partial charge in [0.2, 0.25) is 0 Å². The largest absolute Gasteiger partial charge is 0.473 e. The molecule has 7 nitrogen and oxygen atoms in total. The molecule has 4 aromatic rings. The maximum absolute atomic E-state index is 12.6. The molecule has 1 amide bonds. The maximum Gasteiger partial charge on any atom is 0.256 e. The molecule has 2 heterocycles. The Morgan fingerprint density at radius 2 is 1.94 bits per heavy atom. The Morgan fingerprint density at radius 1 is 1.13 bits per heavy atom. The molecular weight excluding hydrogens is 390 g/mol. The first kappa shape index (κ1) is 18.7. The minimum absolute atomic E-state index is 0.294. The van der Waals surface area contributed by atoms with E-state index in [1.165, 1.54) is 21.7 Å². The van der Waals surface area contributed by atoms with E-state index in [0.717, 1.165) is 23.5 Å². The third-order valence-electron chi connectivity index (χ3n) is 5.51. The zero-order valence-electron chi connectivity index (χ0n) is 16.9. The summed E-state index contributed by atoms with van der Waals surface area (Å²) in [6.07, 6.45) is 1.43. The van der Waals surface area contributed by atoms with Gasteiger partial charge in [-0.2, -0.15) is 10.4 Å². The first-order valence-corrected chi connectivity index (χ1v) is 9.86. The maximum atomic E-state index is 12.6. The van der Waals surface area contributed by atoms with E-state index in [4.69, 9.17) is 10.00 Å². The lowest BCUT2D eigenvalue weighted by Crippen LogP contribution is -2.32. The van der Waals surface area contributed by atoms with Crippen molar-refractivity contribution < 1.29 is 9.53 Å². The Bertz CT molecular complexity index is 1330. The van der Waals surface area contributed by atoms with Gasteiger partial charge in [-0.25, -0.2) is 0 Å². The van der Waals surface area contributed by atoms with Crippen LogP contribution in [0.15, 0.2) is 66.9 Å². The number of carbonyl (C=O) groups excluding carboxylic acids is 1. The van der Waals surface area contributed by atoms with Crippen LogP contribution in [0.25, 0.3) is 10.8 Å². The molecule has 3 aromatic carbocycles. The molecule has 7 heteroatoms. The third-order valence-corrected chi connectivity index (χ3v) is 5.51. The number of benzene rings is 3. The number of nitrogens with one attached hydrogen (secondary N) is 1. The number of nitrogens with zero attached hydrogens (tertiary/aromatic N) is 4. The van der Waals surface area contributed by atoms with Crippen molar-refractivity contribution in [2.24, 2.45) is 7.05 Å². The summed E-state index contributed by atoms with van der Waals surface area (Å²) in [6.45, 7) is 1.17. The summed E-state index contributed by atoms with van der Waals surface area (Å²) in [6, 6.07) is 21.8. The zero-order valence-corrected chi connectivity index (χ0v) is 16.9. The Hall–Kier alpha value is -4.31. The van der Waals surface area contributed by atoms with E-state index in [1.54, 1.807) is 19.2 Å². The molecule has 5 rings (SSSR count). The van der Waals surface area contributed by atoms with E-state index in [0.29, 0.717) is 23.7 Å². The number of aromatic nitrogens is 2. The van der Waals surface area contributed by atoms with Gasteiger partial charge in [0.05, 0.1) is 12.7 Å². The molecule has 0 aliphatic carbocycles. The molecule has 152 valence electrons. The molecule has 0 saturated carbocycles. The van der Waals surface area contributed by atoms with Gasteiger partial charge in [0.15, 0.2) is 6.73 Å². The van der Waals surface area contributed by atoms with Crippen LogP contribution >= 0.6 is 0 Å². The van der Waals surface area contributed by atoms with Crippen LogP contribution in [-0.2, 0) is 13.6 Å². The summed E-state index contributed by atoms with van der Waals surface area (Å²) in [4.78, 5) is 14.8. The van der Waals surface area contributed by atoms with Crippen molar-refractivity contribution in [2.45, 2.75) is 6.54 Å². The molecule has 1 N–H and O–H groups in total.